The van der Waals surface area contributed by atoms with Crippen molar-refractivity contribution in [1.82, 2.24) is 0 Å². The second-order valence-electron chi connectivity index (χ2n) is 8.20. The molecule has 0 spiro atoms. The van der Waals surface area contributed by atoms with E-state index in [9.17, 15) is 24.5 Å². The summed E-state index contributed by atoms with van der Waals surface area (Å²) in [6.07, 6.45) is -2.39. The fourth-order valence-electron chi connectivity index (χ4n) is 3.82. The van der Waals surface area contributed by atoms with E-state index in [4.69, 9.17) is 14.2 Å². The number of aryl methyl sites for hydroxylation is 1. The van der Waals surface area contributed by atoms with Crippen LogP contribution >= 0.6 is 0 Å². The largest absolute Gasteiger partial charge is 0.489 e. The average Bonchev–Trinajstić information content (AvgIpc) is 2.81. The molecule has 180 valence electrons. The van der Waals surface area contributed by atoms with Crippen LogP contribution in [0.4, 0.5) is 4.39 Å². The fourth-order valence-corrected chi connectivity index (χ4v) is 3.82. The number of ether oxygens (including phenoxy) is 3. The highest BCUT2D eigenvalue weighted by atomic mass is 19.1. The molecular formula is C25H31FO7. The molecule has 33 heavy (non-hydrogen) atoms. The molecule has 8 heteroatoms. The van der Waals surface area contributed by atoms with Gasteiger partial charge < -0.3 is 29.5 Å². The molecule has 0 unspecified atom stereocenters. The molecule has 0 bridgehead atoms. The molecule has 5 atom stereocenters. The molecule has 2 aromatic rings. The van der Waals surface area contributed by atoms with Gasteiger partial charge in [0.05, 0.1) is 18.6 Å². The van der Waals surface area contributed by atoms with E-state index in [0.717, 1.165) is 18.4 Å². The monoisotopic (exact) mass is 462 g/mol. The van der Waals surface area contributed by atoms with Gasteiger partial charge in [-0.3, -0.25) is 4.79 Å². The van der Waals surface area contributed by atoms with Crippen LogP contribution in [0.5, 0.6) is 5.75 Å². The molecule has 2 aromatic carbocycles. The Bertz CT molecular complexity index is 889. The third-order valence-electron chi connectivity index (χ3n) is 5.77. The number of aliphatic hydroxyl groups is 3. The van der Waals surface area contributed by atoms with Gasteiger partial charge in [0.2, 0.25) is 0 Å². The number of carbonyl (C=O) groups is 1. The Kier molecular flexibility index (Phi) is 9.34. The van der Waals surface area contributed by atoms with Crippen molar-refractivity contribution in [2.24, 2.45) is 5.92 Å². The Morgan fingerprint density at radius 2 is 1.79 bits per heavy atom. The first-order chi connectivity index (χ1) is 15.9. The van der Waals surface area contributed by atoms with Crippen molar-refractivity contribution in [2.75, 3.05) is 13.2 Å². The van der Waals surface area contributed by atoms with Crippen molar-refractivity contribution in [3.63, 3.8) is 0 Å². The zero-order chi connectivity index (χ0) is 23.8. The van der Waals surface area contributed by atoms with Gasteiger partial charge in [0.1, 0.15) is 36.2 Å². The third-order valence-corrected chi connectivity index (χ3v) is 5.77. The van der Waals surface area contributed by atoms with Crippen LogP contribution in [0.3, 0.4) is 0 Å². The van der Waals surface area contributed by atoms with Crippen molar-refractivity contribution in [3.05, 3.63) is 65.5 Å². The first kappa shape index (κ1) is 25.3. The van der Waals surface area contributed by atoms with Crippen LogP contribution in [0.15, 0.2) is 48.5 Å². The van der Waals surface area contributed by atoms with Gasteiger partial charge >= 0.3 is 0 Å². The van der Waals surface area contributed by atoms with Crippen molar-refractivity contribution in [3.8, 4) is 5.75 Å². The maximum atomic E-state index is 13.7. The molecule has 0 radical (unpaired) electrons. The number of carbonyl (C=O) groups excluding carboxylic acids is 1. The normalized spacial score (nSPS) is 25.1. The number of halogens is 1. The van der Waals surface area contributed by atoms with Crippen molar-refractivity contribution in [2.45, 2.75) is 57.4 Å². The van der Waals surface area contributed by atoms with Gasteiger partial charge in [0, 0.05) is 12.2 Å². The predicted octanol–water partition coefficient (Wildman–Crippen LogP) is 2.39. The molecule has 1 saturated heterocycles. The summed E-state index contributed by atoms with van der Waals surface area (Å²) in [5.74, 6) is -0.976. The summed E-state index contributed by atoms with van der Waals surface area (Å²) in [5, 5.41) is 29.5. The first-order valence-corrected chi connectivity index (χ1v) is 11.1. The number of unbranched alkanes of at least 4 members (excludes halogenated alkanes) is 1. The molecule has 1 fully saturated rings. The molecule has 3 N–H and O–H groups in total. The maximum Gasteiger partial charge on any atom is 0.170 e. The number of hydrogen-bond acceptors (Lipinski definition) is 7. The minimum absolute atomic E-state index is 0.163. The highest BCUT2D eigenvalue weighted by Gasteiger charge is 2.46. The SMILES string of the molecule is CC(=O)[C@H]1[C@H](OCCCCc2ccc(OCc3ccccc3F)cc2)O[C@H](CO)[C@@H](O)[C@@H]1O. The molecule has 1 aliphatic heterocycles. The van der Waals surface area contributed by atoms with Crippen LogP contribution < -0.4 is 4.74 Å². The van der Waals surface area contributed by atoms with E-state index in [1.54, 1.807) is 18.2 Å². The predicted molar refractivity (Wildman–Crippen MR) is 118 cm³/mol. The number of ketones is 1. The molecule has 0 aromatic heterocycles. The van der Waals surface area contributed by atoms with E-state index < -0.39 is 37.1 Å². The van der Waals surface area contributed by atoms with Crippen LogP contribution in [0.2, 0.25) is 0 Å². The topological polar surface area (TPSA) is 105 Å². The van der Waals surface area contributed by atoms with Gasteiger partial charge in [-0.1, -0.05) is 30.3 Å². The summed E-state index contributed by atoms with van der Waals surface area (Å²) in [6.45, 7) is 1.29. The van der Waals surface area contributed by atoms with E-state index in [1.807, 2.05) is 24.3 Å². The van der Waals surface area contributed by atoms with Crippen molar-refractivity contribution < 1.29 is 38.7 Å². The Labute approximate surface area is 192 Å². The van der Waals surface area contributed by atoms with Crippen LogP contribution in [0.1, 0.15) is 30.9 Å². The van der Waals surface area contributed by atoms with E-state index >= 15 is 0 Å². The van der Waals surface area contributed by atoms with Crippen LogP contribution in [0, 0.1) is 11.7 Å². The molecular weight excluding hydrogens is 431 g/mol. The Hall–Kier alpha value is -2.36. The Morgan fingerprint density at radius 1 is 1.06 bits per heavy atom. The summed E-state index contributed by atoms with van der Waals surface area (Å²) in [6, 6.07) is 14.1. The van der Waals surface area contributed by atoms with E-state index in [0.29, 0.717) is 24.3 Å². The maximum absolute atomic E-state index is 13.7. The lowest BCUT2D eigenvalue weighted by Gasteiger charge is -2.41. The van der Waals surface area contributed by atoms with Crippen molar-refractivity contribution >= 4 is 5.78 Å². The number of benzene rings is 2. The van der Waals surface area contributed by atoms with Crippen LogP contribution in [-0.4, -0.2) is 58.9 Å². The number of aliphatic hydroxyl groups excluding tert-OH is 3. The highest BCUT2D eigenvalue weighted by molar-refractivity contribution is 5.79. The molecule has 7 nitrogen and oxygen atoms in total. The zero-order valence-electron chi connectivity index (χ0n) is 18.6. The third kappa shape index (κ3) is 6.82. The zero-order valence-corrected chi connectivity index (χ0v) is 18.6. The summed E-state index contributed by atoms with van der Waals surface area (Å²) in [4.78, 5) is 11.9. The van der Waals surface area contributed by atoms with Crippen LogP contribution in [0.25, 0.3) is 0 Å². The first-order valence-electron chi connectivity index (χ1n) is 11.1. The van der Waals surface area contributed by atoms with E-state index in [-0.39, 0.29) is 18.2 Å². The second kappa shape index (κ2) is 12.2. The minimum Gasteiger partial charge on any atom is -0.489 e. The Balaban J connectivity index is 1.40. The number of rotatable bonds is 11. The standard InChI is InChI=1S/C25H31FO7/c1-16(28)22-24(30)23(29)21(14-27)33-25(22)31-13-5-4-6-17-9-11-19(12-10-17)32-15-18-7-2-3-8-20(18)26/h2-3,7-12,21-25,27,29-30H,4-6,13-15H2,1H3/t21-,22-,23-,24-,25-/m1/s1. The van der Waals surface area contributed by atoms with Gasteiger partial charge in [-0.15, -0.1) is 0 Å². The lowest BCUT2D eigenvalue weighted by atomic mass is 9.88. The summed E-state index contributed by atoms with van der Waals surface area (Å²) in [5.41, 5.74) is 1.62. The summed E-state index contributed by atoms with van der Waals surface area (Å²) < 4.78 is 30.5. The molecule has 1 heterocycles. The molecule has 0 saturated carbocycles. The molecule has 0 aliphatic carbocycles. The average molecular weight is 463 g/mol. The van der Waals surface area contributed by atoms with Gasteiger partial charge in [0.15, 0.2) is 6.29 Å². The summed E-state index contributed by atoms with van der Waals surface area (Å²) in [7, 11) is 0. The Morgan fingerprint density at radius 3 is 2.45 bits per heavy atom. The minimum atomic E-state index is -1.35. The molecule has 1 aliphatic rings. The number of hydrogen-bond donors (Lipinski definition) is 3. The van der Waals surface area contributed by atoms with Crippen molar-refractivity contribution in [1.29, 1.82) is 0 Å². The van der Waals surface area contributed by atoms with E-state index in [1.165, 1.54) is 13.0 Å². The number of Topliss-reactive ketones (excluding diaryl/α,β-unsaturated/α-hetero) is 1. The van der Waals surface area contributed by atoms with Gasteiger partial charge in [0.25, 0.3) is 0 Å². The van der Waals surface area contributed by atoms with E-state index in [2.05, 4.69) is 0 Å². The van der Waals surface area contributed by atoms with Crippen LogP contribution in [-0.2, 0) is 27.3 Å². The summed E-state index contributed by atoms with van der Waals surface area (Å²) >= 11 is 0. The highest BCUT2D eigenvalue weighted by Crippen LogP contribution is 2.28. The fraction of sp³-hybridized carbons (Fsp3) is 0.480. The second-order valence-corrected chi connectivity index (χ2v) is 8.20. The molecule has 3 rings (SSSR count). The smallest absolute Gasteiger partial charge is 0.170 e. The van der Waals surface area contributed by atoms with Gasteiger partial charge in [-0.2, -0.15) is 0 Å². The lowest BCUT2D eigenvalue weighted by Crippen LogP contribution is -2.58. The lowest BCUT2D eigenvalue weighted by molar-refractivity contribution is -0.279. The van der Waals surface area contributed by atoms with Gasteiger partial charge in [-0.05, 0) is 49.9 Å². The van der Waals surface area contributed by atoms with Gasteiger partial charge in [-0.25, -0.2) is 4.39 Å². The molecule has 0 amide bonds. The quantitative estimate of drug-likeness (QED) is 0.441.